The van der Waals surface area contributed by atoms with Crippen molar-refractivity contribution in [2.24, 2.45) is 0 Å². The molecule has 0 aromatic heterocycles. The fourth-order valence-corrected chi connectivity index (χ4v) is 2.41. The van der Waals surface area contributed by atoms with Crippen LogP contribution in [0.1, 0.15) is 5.56 Å². The molecule has 2 aromatic rings. The van der Waals surface area contributed by atoms with E-state index in [1.165, 1.54) is 36.4 Å². The number of benzene rings is 2. The maximum absolute atomic E-state index is 12.2. The summed E-state index contributed by atoms with van der Waals surface area (Å²) in [5.74, 6) is -0.434. The van der Waals surface area contributed by atoms with Gasteiger partial charge in [0.25, 0.3) is 11.4 Å². The zero-order valence-electron chi connectivity index (χ0n) is 15.0. The summed E-state index contributed by atoms with van der Waals surface area (Å²) in [6.07, 6.45) is 0. The molecule has 0 aliphatic carbocycles. The number of carbonyl (C=O) groups is 1. The van der Waals surface area contributed by atoms with Gasteiger partial charge >= 0.3 is 0 Å². The highest BCUT2D eigenvalue weighted by molar-refractivity contribution is 5.95. The first-order valence-corrected chi connectivity index (χ1v) is 8.23. The quantitative estimate of drug-likeness (QED) is 0.375. The van der Waals surface area contributed by atoms with Crippen LogP contribution in [0.25, 0.3) is 0 Å². The molecule has 11 heteroatoms. The minimum atomic E-state index is -0.554. The zero-order valence-corrected chi connectivity index (χ0v) is 15.0. The summed E-state index contributed by atoms with van der Waals surface area (Å²) in [6.45, 7) is 1.55. The van der Waals surface area contributed by atoms with Gasteiger partial charge in [0.2, 0.25) is 5.91 Å². The second-order valence-corrected chi connectivity index (χ2v) is 5.80. The molecular weight excluding hydrogens is 370 g/mol. The van der Waals surface area contributed by atoms with Crippen LogP contribution in [0, 0.1) is 27.2 Å². The van der Waals surface area contributed by atoms with Crippen molar-refractivity contribution in [3.8, 4) is 0 Å². The number of anilines is 3. The highest BCUT2D eigenvalue weighted by atomic mass is 16.6. The van der Waals surface area contributed by atoms with E-state index in [4.69, 9.17) is 5.11 Å². The number of nitro benzene ring substituents is 2. The Kier molecular flexibility index (Phi) is 6.82. The van der Waals surface area contributed by atoms with Gasteiger partial charge in [-0.05, 0) is 24.6 Å². The topological polar surface area (TPSA) is 160 Å². The van der Waals surface area contributed by atoms with E-state index in [1.54, 1.807) is 6.92 Å². The molecule has 0 spiro atoms. The number of carbonyl (C=O) groups excluding carboxylic acids is 1. The third-order valence-corrected chi connectivity index (χ3v) is 3.78. The van der Waals surface area contributed by atoms with Crippen molar-refractivity contribution >= 4 is 34.3 Å². The van der Waals surface area contributed by atoms with Crippen LogP contribution in [0.4, 0.5) is 28.4 Å². The Morgan fingerprint density at radius 2 is 1.57 bits per heavy atom. The summed E-state index contributed by atoms with van der Waals surface area (Å²) in [5, 5.41) is 39.0. The molecule has 28 heavy (non-hydrogen) atoms. The Hall–Kier alpha value is -3.73. The number of aliphatic hydroxyl groups is 1. The monoisotopic (exact) mass is 389 g/mol. The summed E-state index contributed by atoms with van der Waals surface area (Å²) in [4.78, 5) is 32.8. The summed E-state index contributed by atoms with van der Waals surface area (Å²) in [5.41, 5.74) is 1.56. The van der Waals surface area contributed by atoms with E-state index in [0.717, 1.165) is 0 Å². The second kappa shape index (κ2) is 9.28. The molecule has 0 aliphatic heterocycles. The Bertz CT molecular complexity index is 902. The third-order valence-electron chi connectivity index (χ3n) is 3.78. The highest BCUT2D eigenvalue weighted by Crippen LogP contribution is 2.27. The van der Waals surface area contributed by atoms with Crippen LogP contribution >= 0.6 is 0 Å². The van der Waals surface area contributed by atoms with Crippen molar-refractivity contribution in [3.05, 3.63) is 62.2 Å². The molecule has 2 aromatic carbocycles. The van der Waals surface area contributed by atoms with E-state index in [0.29, 0.717) is 22.6 Å². The van der Waals surface area contributed by atoms with Crippen LogP contribution in [0.15, 0.2) is 36.4 Å². The molecule has 0 unspecified atom stereocenters. The molecule has 0 atom stereocenters. The summed E-state index contributed by atoms with van der Waals surface area (Å²) in [6, 6.07) is 8.14. The normalized spacial score (nSPS) is 10.2. The Morgan fingerprint density at radius 3 is 2.14 bits per heavy atom. The van der Waals surface area contributed by atoms with Crippen molar-refractivity contribution in [1.82, 2.24) is 0 Å². The van der Waals surface area contributed by atoms with E-state index < -0.39 is 15.8 Å². The Balaban J connectivity index is 2.08. The molecular formula is C17H19N5O6. The van der Waals surface area contributed by atoms with Gasteiger partial charge in [-0.25, -0.2) is 0 Å². The Morgan fingerprint density at radius 1 is 0.964 bits per heavy atom. The van der Waals surface area contributed by atoms with Crippen molar-refractivity contribution < 1.29 is 19.7 Å². The smallest absolute Gasteiger partial charge is 0.271 e. The number of non-ortho nitro benzene ring substituents is 2. The van der Waals surface area contributed by atoms with Gasteiger partial charge in [0.15, 0.2) is 0 Å². The van der Waals surface area contributed by atoms with E-state index in [9.17, 15) is 25.0 Å². The number of aryl methyl sites for hydroxylation is 1. The van der Waals surface area contributed by atoms with Gasteiger partial charge in [0, 0.05) is 36.5 Å². The van der Waals surface area contributed by atoms with Gasteiger partial charge in [-0.2, -0.15) is 0 Å². The van der Waals surface area contributed by atoms with Gasteiger partial charge in [-0.1, -0.05) is 0 Å². The van der Waals surface area contributed by atoms with Crippen molar-refractivity contribution in [2.75, 3.05) is 35.6 Å². The van der Waals surface area contributed by atoms with Gasteiger partial charge in [-0.3, -0.25) is 25.0 Å². The van der Waals surface area contributed by atoms with Crippen molar-refractivity contribution in [1.29, 1.82) is 0 Å². The number of nitrogens with one attached hydrogen (secondary N) is 3. The number of hydrogen-bond acceptors (Lipinski definition) is 8. The molecule has 148 valence electrons. The predicted octanol–water partition coefficient (Wildman–Crippen LogP) is 2.27. The van der Waals surface area contributed by atoms with Crippen LogP contribution in [-0.2, 0) is 4.79 Å². The summed E-state index contributed by atoms with van der Waals surface area (Å²) < 4.78 is 0. The highest BCUT2D eigenvalue weighted by Gasteiger charge is 2.13. The fourth-order valence-electron chi connectivity index (χ4n) is 2.41. The number of rotatable bonds is 9. The lowest BCUT2D eigenvalue weighted by atomic mass is 10.2. The molecule has 11 nitrogen and oxygen atoms in total. The van der Waals surface area contributed by atoms with Crippen LogP contribution in [0.2, 0.25) is 0 Å². The third kappa shape index (κ3) is 5.38. The standard InChI is InChI=1S/C17H19N5O6/c1-11-8-12(21(25)26)2-4-14(11)20-17(24)10-19-16-9-13(22(27)28)3-5-15(16)18-6-7-23/h2-5,8-9,18-19,23H,6-7,10H2,1H3,(H,20,24). The zero-order chi connectivity index (χ0) is 20.7. The number of nitrogens with zero attached hydrogens (tertiary/aromatic N) is 2. The first-order chi connectivity index (χ1) is 13.3. The Labute approximate surface area is 159 Å². The average Bonchev–Trinajstić information content (AvgIpc) is 2.66. The van der Waals surface area contributed by atoms with E-state index in [-0.39, 0.29) is 31.1 Å². The SMILES string of the molecule is Cc1cc([N+](=O)[O-])ccc1NC(=O)CNc1cc([N+](=O)[O-])ccc1NCCO. The van der Waals surface area contributed by atoms with Gasteiger partial charge in [0.05, 0.1) is 34.4 Å². The van der Waals surface area contributed by atoms with Crippen molar-refractivity contribution in [2.45, 2.75) is 6.92 Å². The fraction of sp³-hybridized carbons (Fsp3) is 0.235. The van der Waals surface area contributed by atoms with Crippen LogP contribution in [0.3, 0.4) is 0 Å². The van der Waals surface area contributed by atoms with Crippen LogP contribution < -0.4 is 16.0 Å². The molecule has 0 aliphatic rings. The molecule has 0 bridgehead atoms. The molecule has 0 fully saturated rings. The summed E-state index contributed by atoms with van der Waals surface area (Å²) >= 11 is 0. The first-order valence-electron chi connectivity index (χ1n) is 8.23. The van der Waals surface area contributed by atoms with Crippen molar-refractivity contribution in [3.63, 3.8) is 0 Å². The molecule has 0 saturated carbocycles. The van der Waals surface area contributed by atoms with E-state index >= 15 is 0 Å². The largest absolute Gasteiger partial charge is 0.395 e. The molecule has 4 N–H and O–H groups in total. The lowest BCUT2D eigenvalue weighted by Crippen LogP contribution is -2.23. The van der Waals surface area contributed by atoms with Gasteiger partial charge < -0.3 is 21.1 Å². The maximum Gasteiger partial charge on any atom is 0.271 e. The number of amides is 1. The second-order valence-electron chi connectivity index (χ2n) is 5.80. The molecule has 1 amide bonds. The molecule has 0 saturated heterocycles. The van der Waals surface area contributed by atoms with Gasteiger partial charge in [0.1, 0.15) is 0 Å². The van der Waals surface area contributed by atoms with Crippen LogP contribution in [0.5, 0.6) is 0 Å². The number of nitro groups is 2. The maximum atomic E-state index is 12.2. The molecule has 2 rings (SSSR count). The molecule has 0 heterocycles. The summed E-state index contributed by atoms with van der Waals surface area (Å²) in [7, 11) is 0. The number of aliphatic hydroxyl groups excluding tert-OH is 1. The lowest BCUT2D eigenvalue weighted by Gasteiger charge is -2.14. The van der Waals surface area contributed by atoms with Gasteiger partial charge in [-0.15, -0.1) is 0 Å². The number of hydrogen-bond donors (Lipinski definition) is 4. The van der Waals surface area contributed by atoms with Crippen LogP contribution in [-0.4, -0.2) is 40.6 Å². The first kappa shape index (κ1) is 20.6. The predicted molar refractivity (Wildman–Crippen MR) is 104 cm³/mol. The minimum absolute atomic E-state index is 0.0789. The van der Waals surface area contributed by atoms with E-state index in [2.05, 4.69) is 16.0 Å². The average molecular weight is 389 g/mol. The lowest BCUT2D eigenvalue weighted by molar-refractivity contribution is -0.385. The minimum Gasteiger partial charge on any atom is -0.395 e. The molecule has 0 radical (unpaired) electrons. The van der Waals surface area contributed by atoms with E-state index in [1.807, 2.05) is 0 Å².